The lowest BCUT2D eigenvalue weighted by Crippen LogP contribution is -2.50. The van der Waals surface area contributed by atoms with Gasteiger partial charge in [-0.25, -0.2) is 0 Å². The number of aliphatic hydroxyl groups is 1. The summed E-state index contributed by atoms with van der Waals surface area (Å²) in [5, 5.41) is 9.70. The number of hydrogen-bond acceptors (Lipinski definition) is 2. The first kappa shape index (κ1) is 15.0. The van der Waals surface area contributed by atoms with Gasteiger partial charge in [0.1, 0.15) is 5.78 Å². The van der Waals surface area contributed by atoms with Gasteiger partial charge in [0.2, 0.25) is 0 Å². The van der Waals surface area contributed by atoms with E-state index in [0.717, 1.165) is 25.7 Å². The van der Waals surface area contributed by atoms with Crippen LogP contribution in [0.1, 0.15) is 52.4 Å². The van der Waals surface area contributed by atoms with Crippen molar-refractivity contribution in [3.8, 4) is 0 Å². The molecule has 0 amide bonds. The zero-order valence-electron chi connectivity index (χ0n) is 13.4. The van der Waals surface area contributed by atoms with Gasteiger partial charge in [0, 0.05) is 24.9 Å². The van der Waals surface area contributed by atoms with Gasteiger partial charge in [-0.2, -0.15) is 0 Å². The molecular formula is C19H28O2. The van der Waals surface area contributed by atoms with Crippen LogP contribution < -0.4 is 0 Å². The minimum atomic E-state index is 0.0648. The molecule has 3 aliphatic carbocycles. The smallest absolute Gasteiger partial charge is 0.133 e. The molecule has 0 bridgehead atoms. The minimum Gasteiger partial charge on any atom is -0.396 e. The molecule has 0 radical (unpaired) electrons. The fraction of sp³-hybridized carbons (Fsp3) is 0.737. The summed E-state index contributed by atoms with van der Waals surface area (Å²) in [5.74, 6) is 1.58. The summed E-state index contributed by atoms with van der Waals surface area (Å²) in [7, 11) is 0. The van der Waals surface area contributed by atoms with Crippen molar-refractivity contribution in [3.63, 3.8) is 0 Å². The number of carbonyl (C=O) groups excluding carboxylic acids is 1. The Morgan fingerprint density at radius 3 is 2.86 bits per heavy atom. The first-order chi connectivity index (χ1) is 9.92. The van der Waals surface area contributed by atoms with Gasteiger partial charge in [-0.15, -0.1) is 6.58 Å². The molecule has 0 aromatic rings. The van der Waals surface area contributed by atoms with Gasteiger partial charge >= 0.3 is 0 Å². The number of aliphatic hydroxyl groups excluding tert-OH is 1. The van der Waals surface area contributed by atoms with Crippen molar-refractivity contribution >= 4 is 5.78 Å². The molecule has 2 heteroatoms. The minimum absolute atomic E-state index is 0.0648. The molecule has 5 atom stereocenters. The van der Waals surface area contributed by atoms with Crippen LogP contribution in [0.3, 0.4) is 0 Å². The van der Waals surface area contributed by atoms with Crippen LogP contribution in [0, 0.1) is 28.6 Å². The Morgan fingerprint density at radius 1 is 1.43 bits per heavy atom. The van der Waals surface area contributed by atoms with Crippen LogP contribution >= 0.6 is 0 Å². The standard InChI is InChI=1S/C19H28O2/c1-4-18(2)8-7-17-13(10-18)5-6-16-14(12-20)9-15(21)11-19(16,17)3/h4,10,14,16-17,20H,1,5-9,11-12H2,2-3H3/t14-,16-,17?,18-,19-/m0/s1. The maximum atomic E-state index is 12.2. The summed E-state index contributed by atoms with van der Waals surface area (Å²) in [6.45, 7) is 8.74. The third kappa shape index (κ3) is 2.32. The van der Waals surface area contributed by atoms with E-state index in [9.17, 15) is 9.90 Å². The van der Waals surface area contributed by atoms with Crippen molar-refractivity contribution in [3.05, 3.63) is 24.3 Å². The average molecular weight is 288 g/mol. The zero-order chi connectivity index (χ0) is 15.3. The van der Waals surface area contributed by atoms with Crippen LogP contribution in [0.15, 0.2) is 24.3 Å². The molecule has 0 aliphatic heterocycles. The molecule has 0 aromatic heterocycles. The number of allylic oxidation sites excluding steroid dienone is 3. The van der Waals surface area contributed by atoms with Crippen molar-refractivity contribution in [2.75, 3.05) is 6.61 Å². The second kappa shape index (κ2) is 5.08. The highest BCUT2D eigenvalue weighted by molar-refractivity contribution is 5.80. The molecule has 0 saturated heterocycles. The van der Waals surface area contributed by atoms with E-state index in [2.05, 4.69) is 32.6 Å². The molecule has 3 aliphatic rings. The predicted octanol–water partition coefficient (Wildman–Crippen LogP) is 3.90. The summed E-state index contributed by atoms with van der Waals surface area (Å²) >= 11 is 0. The molecular weight excluding hydrogens is 260 g/mol. The summed E-state index contributed by atoms with van der Waals surface area (Å²) in [6, 6.07) is 0. The van der Waals surface area contributed by atoms with Gasteiger partial charge in [-0.3, -0.25) is 4.79 Å². The molecule has 2 saturated carbocycles. The van der Waals surface area contributed by atoms with Crippen molar-refractivity contribution in [1.29, 1.82) is 0 Å². The zero-order valence-corrected chi connectivity index (χ0v) is 13.4. The molecule has 1 N–H and O–H groups in total. The van der Waals surface area contributed by atoms with Crippen molar-refractivity contribution in [2.45, 2.75) is 52.4 Å². The van der Waals surface area contributed by atoms with Gasteiger partial charge in [-0.05, 0) is 48.9 Å². The van der Waals surface area contributed by atoms with Gasteiger partial charge in [0.05, 0.1) is 0 Å². The van der Waals surface area contributed by atoms with E-state index in [0.29, 0.717) is 30.5 Å². The number of rotatable bonds is 2. The fourth-order valence-electron chi connectivity index (χ4n) is 5.46. The lowest BCUT2D eigenvalue weighted by atomic mass is 9.48. The van der Waals surface area contributed by atoms with Gasteiger partial charge in [0.15, 0.2) is 0 Å². The largest absolute Gasteiger partial charge is 0.396 e. The molecule has 0 aromatic carbocycles. The highest BCUT2D eigenvalue weighted by atomic mass is 16.3. The van der Waals surface area contributed by atoms with E-state index in [1.807, 2.05) is 0 Å². The van der Waals surface area contributed by atoms with Crippen LogP contribution in [0.4, 0.5) is 0 Å². The number of Topliss-reactive ketones (excluding diaryl/α,β-unsaturated/α-hetero) is 1. The summed E-state index contributed by atoms with van der Waals surface area (Å²) in [4.78, 5) is 12.2. The van der Waals surface area contributed by atoms with E-state index >= 15 is 0 Å². The number of carbonyl (C=O) groups is 1. The SMILES string of the molecule is C=C[C@]1(C)C=C2CC[C@H]3[C@H](CO)CC(=O)C[C@]3(C)C2CC1. The Kier molecular flexibility index (Phi) is 3.64. The average Bonchev–Trinajstić information content (AvgIpc) is 2.45. The second-order valence-corrected chi connectivity index (χ2v) is 8.03. The maximum absolute atomic E-state index is 12.2. The van der Waals surface area contributed by atoms with Gasteiger partial charge < -0.3 is 5.11 Å². The Labute approximate surface area is 128 Å². The summed E-state index contributed by atoms with van der Waals surface area (Å²) in [5.41, 5.74) is 1.74. The predicted molar refractivity (Wildman–Crippen MR) is 84.8 cm³/mol. The summed E-state index contributed by atoms with van der Waals surface area (Å²) in [6.07, 6.45) is 10.4. The molecule has 2 fully saturated rings. The van der Waals surface area contributed by atoms with Gasteiger partial charge in [0.25, 0.3) is 0 Å². The first-order valence-corrected chi connectivity index (χ1v) is 8.39. The number of hydrogen-bond donors (Lipinski definition) is 1. The second-order valence-electron chi connectivity index (χ2n) is 8.03. The molecule has 21 heavy (non-hydrogen) atoms. The molecule has 0 heterocycles. The molecule has 1 unspecified atom stereocenters. The Hall–Kier alpha value is -0.890. The topological polar surface area (TPSA) is 37.3 Å². The van der Waals surface area contributed by atoms with Crippen molar-refractivity contribution < 1.29 is 9.90 Å². The Balaban J connectivity index is 1.96. The molecule has 0 spiro atoms. The lowest BCUT2D eigenvalue weighted by molar-refractivity contribution is -0.134. The Bertz CT molecular complexity index is 492. The van der Waals surface area contributed by atoms with Crippen LogP contribution in [0.25, 0.3) is 0 Å². The van der Waals surface area contributed by atoms with Crippen molar-refractivity contribution in [1.82, 2.24) is 0 Å². The van der Waals surface area contributed by atoms with Crippen LogP contribution in [-0.2, 0) is 4.79 Å². The Morgan fingerprint density at radius 2 is 2.19 bits per heavy atom. The first-order valence-electron chi connectivity index (χ1n) is 8.39. The quantitative estimate of drug-likeness (QED) is 0.782. The van der Waals surface area contributed by atoms with E-state index in [1.54, 1.807) is 5.57 Å². The van der Waals surface area contributed by atoms with E-state index in [4.69, 9.17) is 0 Å². The molecule has 2 nitrogen and oxygen atoms in total. The van der Waals surface area contributed by atoms with Crippen LogP contribution in [0.2, 0.25) is 0 Å². The van der Waals surface area contributed by atoms with E-state index in [-0.39, 0.29) is 23.4 Å². The monoisotopic (exact) mass is 288 g/mol. The normalized spacial score (nSPS) is 46.3. The third-order valence-corrected chi connectivity index (χ3v) is 6.66. The fourth-order valence-corrected chi connectivity index (χ4v) is 5.46. The summed E-state index contributed by atoms with van der Waals surface area (Å²) < 4.78 is 0. The molecule has 116 valence electrons. The lowest BCUT2D eigenvalue weighted by Gasteiger charge is -2.56. The molecule has 3 rings (SSSR count). The van der Waals surface area contributed by atoms with E-state index in [1.165, 1.54) is 0 Å². The maximum Gasteiger partial charge on any atom is 0.133 e. The number of fused-ring (bicyclic) bond motifs is 3. The highest BCUT2D eigenvalue weighted by Crippen LogP contribution is 2.59. The van der Waals surface area contributed by atoms with Crippen LogP contribution in [0.5, 0.6) is 0 Å². The van der Waals surface area contributed by atoms with Crippen molar-refractivity contribution in [2.24, 2.45) is 28.6 Å². The third-order valence-electron chi connectivity index (χ3n) is 6.66. The van der Waals surface area contributed by atoms with E-state index < -0.39 is 0 Å². The highest BCUT2D eigenvalue weighted by Gasteiger charge is 2.53. The van der Waals surface area contributed by atoms with Crippen LogP contribution in [-0.4, -0.2) is 17.5 Å². The number of ketones is 1. The van der Waals surface area contributed by atoms with Gasteiger partial charge in [-0.1, -0.05) is 31.6 Å².